The Bertz CT molecular complexity index is 636. The second-order valence-electron chi connectivity index (χ2n) is 6.49. The fourth-order valence-electron chi connectivity index (χ4n) is 3.40. The Morgan fingerprint density at radius 1 is 1.42 bits per heavy atom. The number of hydrogen-bond acceptors (Lipinski definition) is 6. The molecule has 3 rings (SSSR count). The summed E-state index contributed by atoms with van der Waals surface area (Å²) in [5.74, 6) is -1.48. The van der Waals surface area contributed by atoms with Gasteiger partial charge < -0.3 is 15.2 Å². The third-order valence-electron chi connectivity index (χ3n) is 4.68. The average Bonchev–Trinajstić information content (AvgIpc) is 2.93. The number of rotatable bonds is 5. The lowest BCUT2D eigenvalue weighted by Crippen LogP contribution is -2.53. The zero-order valence-corrected chi connectivity index (χ0v) is 15.2. The summed E-state index contributed by atoms with van der Waals surface area (Å²) in [5, 5.41) is 14.9. The molecule has 0 saturated carbocycles. The van der Waals surface area contributed by atoms with Gasteiger partial charge in [0.05, 0.1) is 12.2 Å². The van der Waals surface area contributed by atoms with Gasteiger partial charge in [-0.1, -0.05) is 12.2 Å². The van der Waals surface area contributed by atoms with Crippen LogP contribution in [0.15, 0.2) is 12.2 Å². The third-order valence-corrected chi connectivity index (χ3v) is 5.88. The lowest BCUT2D eigenvalue weighted by molar-refractivity contribution is -0.0642. The van der Waals surface area contributed by atoms with Crippen molar-refractivity contribution in [2.75, 3.05) is 25.0 Å². The first-order chi connectivity index (χ1) is 11.5. The van der Waals surface area contributed by atoms with Gasteiger partial charge in [-0.2, -0.15) is 0 Å². The van der Waals surface area contributed by atoms with Crippen LogP contribution in [0.2, 0.25) is 0 Å². The van der Waals surface area contributed by atoms with Gasteiger partial charge in [0, 0.05) is 18.0 Å². The number of ether oxygens (including phenoxy) is 1. The first kappa shape index (κ1) is 17.5. The van der Waals surface area contributed by atoms with Gasteiger partial charge in [0.25, 0.3) is 0 Å². The minimum absolute atomic E-state index is 0.284. The van der Waals surface area contributed by atoms with Crippen molar-refractivity contribution in [3.8, 4) is 0 Å². The van der Waals surface area contributed by atoms with Crippen LogP contribution in [0.3, 0.4) is 0 Å². The molecule has 132 valence electrons. The highest BCUT2D eigenvalue weighted by Crippen LogP contribution is 2.40. The highest BCUT2D eigenvalue weighted by atomic mass is 32.1. The molecule has 0 bridgehead atoms. The Kier molecular flexibility index (Phi) is 5.27. The van der Waals surface area contributed by atoms with Crippen LogP contribution in [0, 0.1) is 0 Å². The number of thiophene rings is 1. The Morgan fingerprint density at radius 3 is 2.92 bits per heavy atom. The third kappa shape index (κ3) is 3.50. The molecule has 2 N–H and O–H groups in total. The lowest BCUT2D eigenvalue weighted by Gasteiger charge is -2.38. The van der Waals surface area contributed by atoms with Gasteiger partial charge in [-0.25, -0.2) is 4.79 Å². The summed E-state index contributed by atoms with van der Waals surface area (Å²) in [6.45, 7) is 5.41. The minimum Gasteiger partial charge on any atom is -0.462 e. The first-order valence-electron chi connectivity index (χ1n) is 8.75. The monoisotopic (exact) mass is 350 g/mol. The predicted octanol–water partition coefficient (Wildman–Crippen LogP) is 3.14. The Morgan fingerprint density at radius 2 is 2.21 bits per heavy atom. The Hall–Kier alpha value is -1.37. The zero-order chi connectivity index (χ0) is 17.2. The Balaban J connectivity index is 1.90. The number of fused-ring (bicyclic) bond motifs is 1. The Labute approximate surface area is 147 Å². The number of carbonyl (C=O) groups excluding carboxylic acids is 1. The van der Waals surface area contributed by atoms with Crippen LogP contribution < -0.4 is 5.32 Å². The van der Waals surface area contributed by atoms with E-state index in [2.05, 4.69) is 17.5 Å². The maximum atomic E-state index is 12.5. The lowest BCUT2D eigenvalue weighted by atomic mass is 9.95. The van der Waals surface area contributed by atoms with Gasteiger partial charge in [-0.05, 0) is 51.5 Å². The molecule has 2 heterocycles. The van der Waals surface area contributed by atoms with Gasteiger partial charge in [-0.3, -0.25) is 4.90 Å². The van der Waals surface area contributed by atoms with Crippen molar-refractivity contribution < 1.29 is 14.6 Å². The number of carbonyl (C=O) groups is 1. The van der Waals surface area contributed by atoms with E-state index in [4.69, 9.17) is 4.74 Å². The van der Waals surface area contributed by atoms with Crippen LogP contribution >= 0.6 is 11.3 Å². The predicted molar refractivity (Wildman–Crippen MR) is 96.5 cm³/mol. The molecule has 0 aromatic carbocycles. The van der Waals surface area contributed by atoms with Crippen LogP contribution in [0.5, 0.6) is 0 Å². The molecule has 0 saturated heterocycles. The quantitative estimate of drug-likeness (QED) is 0.485. The molecular formula is C18H26N2O3S. The van der Waals surface area contributed by atoms with E-state index < -0.39 is 5.85 Å². The summed E-state index contributed by atoms with van der Waals surface area (Å²) in [6, 6.07) is 0. The SMILES string of the molecule is CCOC(=O)c1c(NC(C)(O)N2CC=CCC2)sc2c1CCCC2. The molecule has 2 aliphatic rings. The summed E-state index contributed by atoms with van der Waals surface area (Å²) in [6.07, 6.45) is 9.28. The van der Waals surface area contributed by atoms with Crippen molar-refractivity contribution in [3.05, 3.63) is 28.2 Å². The van der Waals surface area contributed by atoms with Crippen molar-refractivity contribution in [2.45, 2.75) is 51.8 Å². The fourth-order valence-corrected chi connectivity index (χ4v) is 4.78. The summed E-state index contributed by atoms with van der Waals surface area (Å²) < 4.78 is 5.27. The van der Waals surface area contributed by atoms with Gasteiger partial charge in [0.2, 0.25) is 0 Å². The number of aryl methyl sites for hydroxylation is 1. The van der Waals surface area contributed by atoms with E-state index in [0.717, 1.165) is 49.2 Å². The van der Waals surface area contributed by atoms with Crippen LogP contribution in [0.25, 0.3) is 0 Å². The molecule has 1 atom stereocenters. The van der Waals surface area contributed by atoms with Crippen molar-refractivity contribution >= 4 is 22.3 Å². The van der Waals surface area contributed by atoms with E-state index >= 15 is 0 Å². The van der Waals surface area contributed by atoms with E-state index in [1.165, 1.54) is 4.88 Å². The van der Waals surface area contributed by atoms with Crippen molar-refractivity contribution in [1.29, 1.82) is 0 Å². The summed E-state index contributed by atoms with van der Waals surface area (Å²) in [7, 11) is 0. The number of nitrogens with one attached hydrogen (secondary N) is 1. The van der Waals surface area contributed by atoms with E-state index in [-0.39, 0.29) is 5.97 Å². The van der Waals surface area contributed by atoms with Crippen LogP contribution in [-0.2, 0) is 17.6 Å². The van der Waals surface area contributed by atoms with Crippen molar-refractivity contribution in [3.63, 3.8) is 0 Å². The first-order valence-corrected chi connectivity index (χ1v) is 9.57. The highest BCUT2D eigenvalue weighted by molar-refractivity contribution is 7.16. The van der Waals surface area contributed by atoms with Crippen LogP contribution in [-0.4, -0.2) is 41.5 Å². The molecular weight excluding hydrogens is 324 g/mol. The molecule has 1 aliphatic heterocycles. The molecule has 6 heteroatoms. The number of nitrogens with zero attached hydrogens (tertiary/aromatic N) is 1. The molecule has 1 aromatic rings. The van der Waals surface area contributed by atoms with Crippen molar-refractivity contribution in [1.82, 2.24) is 4.90 Å². The van der Waals surface area contributed by atoms with E-state index in [1.54, 1.807) is 18.3 Å². The molecule has 24 heavy (non-hydrogen) atoms. The number of esters is 1. The van der Waals surface area contributed by atoms with Gasteiger partial charge in [-0.15, -0.1) is 11.3 Å². The second-order valence-corrected chi connectivity index (χ2v) is 7.59. The molecule has 0 fully saturated rings. The normalized spacial score (nSPS) is 20.3. The summed E-state index contributed by atoms with van der Waals surface area (Å²) >= 11 is 1.59. The second kappa shape index (κ2) is 7.25. The highest BCUT2D eigenvalue weighted by Gasteiger charge is 2.33. The maximum absolute atomic E-state index is 12.5. The van der Waals surface area contributed by atoms with E-state index in [1.807, 2.05) is 11.8 Å². The number of anilines is 1. The summed E-state index contributed by atoms with van der Waals surface area (Å²) in [5.41, 5.74) is 1.74. The maximum Gasteiger partial charge on any atom is 0.341 e. The van der Waals surface area contributed by atoms with Crippen LogP contribution in [0.4, 0.5) is 5.00 Å². The topological polar surface area (TPSA) is 61.8 Å². The molecule has 0 radical (unpaired) electrons. The molecule has 1 aliphatic carbocycles. The van der Waals surface area contributed by atoms with E-state index in [9.17, 15) is 9.90 Å². The summed E-state index contributed by atoms with van der Waals surface area (Å²) in [4.78, 5) is 15.7. The standard InChI is InChI=1S/C18H26N2O3S/c1-3-23-17(21)15-13-9-5-6-10-14(13)24-16(15)19-18(2,22)20-11-7-4-8-12-20/h4,7,19,22H,3,5-6,8-12H2,1-2H3. The molecule has 0 spiro atoms. The van der Waals surface area contributed by atoms with Crippen molar-refractivity contribution in [2.24, 2.45) is 0 Å². The molecule has 1 unspecified atom stereocenters. The molecule has 0 amide bonds. The molecule has 1 aromatic heterocycles. The van der Waals surface area contributed by atoms with Gasteiger partial charge in [0.1, 0.15) is 5.00 Å². The zero-order valence-electron chi connectivity index (χ0n) is 14.4. The van der Waals surface area contributed by atoms with Gasteiger partial charge in [0.15, 0.2) is 5.85 Å². The van der Waals surface area contributed by atoms with E-state index in [0.29, 0.717) is 18.7 Å². The van der Waals surface area contributed by atoms with Crippen LogP contribution in [0.1, 0.15) is 53.9 Å². The molecule has 5 nitrogen and oxygen atoms in total. The largest absolute Gasteiger partial charge is 0.462 e. The van der Waals surface area contributed by atoms with Gasteiger partial charge >= 0.3 is 5.97 Å². The number of hydrogen-bond donors (Lipinski definition) is 2. The fraction of sp³-hybridized carbons (Fsp3) is 0.611. The minimum atomic E-state index is -1.19. The number of aliphatic hydroxyl groups is 1. The smallest absolute Gasteiger partial charge is 0.341 e. The average molecular weight is 350 g/mol.